The molecule has 8 heteroatoms. The van der Waals surface area contributed by atoms with Crippen molar-refractivity contribution in [2.75, 3.05) is 19.8 Å². The van der Waals surface area contributed by atoms with Gasteiger partial charge in [0.25, 0.3) is 0 Å². The molecule has 5 rings (SSSR count). The molecule has 2 aliphatic carbocycles. The van der Waals surface area contributed by atoms with E-state index in [2.05, 4.69) is 19.9 Å². The number of rotatable bonds is 1. The predicted molar refractivity (Wildman–Crippen MR) is 134 cm³/mol. The van der Waals surface area contributed by atoms with Crippen molar-refractivity contribution >= 4 is 17.7 Å². The first kappa shape index (κ1) is 26.6. The van der Waals surface area contributed by atoms with Crippen molar-refractivity contribution in [2.45, 2.75) is 109 Å². The maximum absolute atomic E-state index is 13.0. The molecule has 3 heterocycles. The molecule has 3 fully saturated rings. The highest BCUT2D eigenvalue weighted by atomic mass is 16.6. The van der Waals surface area contributed by atoms with Gasteiger partial charge in [0.1, 0.15) is 24.4 Å². The van der Waals surface area contributed by atoms with Crippen LogP contribution in [0.3, 0.4) is 0 Å². The van der Waals surface area contributed by atoms with Gasteiger partial charge in [-0.1, -0.05) is 24.1 Å². The summed E-state index contributed by atoms with van der Waals surface area (Å²) < 4.78 is 30.8. The van der Waals surface area contributed by atoms with Crippen LogP contribution in [-0.2, 0) is 38.1 Å². The van der Waals surface area contributed by atoms with Gasteiger partial charge in [-0.05, 0) is 59.3 Å². The molecule has 1 saturated carbocycles. The predicted octanol–water partition coefficient (Wildman–Crippen LogP) is 4.00. The number of carbonyl (C=O) groups excluding carboxylic acids is 3. The highest BCUT2D eigenvalue weighted by Gasteiger charge is 2.83. The lowest BCUT2D eigenvalue weighted by atomic mass is 9.51. The normalized spacial score (nSPS) is 44.3. The molecule has 5 aliphatic rings. The van der Waals surface area contributed by atoms with Gasteiger partial charge in [0, 0.05) is 24.3 Å². The Balaban J connectivity index is 1.46. The van der Waals surface area contributed by atoms with Gasteiger partial charge < -0.3 is 23.7 Å². The summed E-state index contributed by atoms with van der Waals surface area (Å²) in [4.78, 5) is 38.0. The van der Waals surface area contributed by atoms with Crippen LogP contribution in [-0.4, -0.2) is 67.6 Å². The Hall–Kier alpha value is -2.03. The zero-order valence-corrected chi connectivity index (χ0v) is 22.5. The average Bonchev–Trinajstić information content (AvgIpc) is 3.61. The van der Waals surface area contributed by atoms with Crippen LogP contribution < -0.4 is 0 Å². The van der Waals surface area contributed by atoms with Gasteiger partial charge in [-0.2, -0.15) is 0 Å². The van der Waals surface area contributed by atoms with Crippen LogP contribution in [0.25, 0.3) is 0 Å². The monoisotopic (exact) mass is 516 g/mol. The second-order valence-corrected chi connectivity index (χ2v) is 11.9. The summed E-state index contributed by atoms with van der Waals surface area (Å²) in [6.45, 7) is 8.71. The van der Waals surface area contributed by atoms with E-state index in [0.29, 0.717) is 45.3 Å². The summed E-state index contributed by atoms with van der Waals surface area (Å²) in [7, 11) is 0. The number of hydrogen-bond donors (Lipinski definition) is 0. The molecule has 2 saturated heterocycles. The fourth-order valence-corrected chi connectivity index (χ4v) is 7.23. The molecule has 2 spiro atoms. The molecule has 2 bridgehead atoms. The molecule has 0 aromatic carbocycles. The smallest absolute Gasteiger partial charge is 0.330 e. The van der Waals surface area contributed by atoms with Gasteiger partial charge in [-0.15, -0.1) is 0 Å². The number of Topliss-reactive ketones (excluding diaryl/α,β-unsaturated/α-hetero) is 1. The van der Waals surface area contributed by atoms with E-state index >= 15 is 0 Å². The molecule has 0 aromatic rings. The fraction of sp³-hybridized carbons (Fsp3) is 0.759. The lowest BCUT2D eigenvalue weighted by molar-refractivity contribution is -0.232. The molecule has 204 valence electrons. The number of allylic oxidation sites excluding steroid dienone is 1. The lowest BCUT2D eigenvalue weighted by Gasteiger charge is -2.58. The van der Waals surface area contributed by atoms with E-state index < -0.39 is 34.6 Å². The number of esters is 2. The van der Waals surface area contributed by atoms with E-state index in [4.69, 9.17) is 23.7 Å². The second-order valence-electron chi connectivity index (χ2n) is 11.9. The topological polar surface area (TPSA) is 101 Å². The standard InChI is InChI=1S/C29H40O8/c1-18-9-11-28-16-34-26(32)14-19(2)10-12-33-21(20(3)30)7-5-6-8-25(31)37-22-15-24(36-23(28)13-18)29(17-35-29)27(22,28)4/h13-14,21-24H,5-12,15-17H2,1-4H3/b19-14+/t21-,22+,23+,24+,27+,28+,29?/m0/s1. The van der Waals surface area contributed by atoms with Crippen molar-refractivity contribution in [3.8, 4) is 0 Å². The SMILES string of the molecule is CC(=O)[C@@H]1CCCCC(=O)O[C@@H]2C[C@H]3O[C@@H]4C=C(C)CC[C@]4(COC(=O)/C=C(\C)CCO1)[C@]2(C)C31CO1. The first-order valence-corrected chi connectivity index (χ1v) is 13.7. The van der Waals surface area contributed by atoms with Crippen molar-refractivity contribution < 1.29 is 38.1 Å². The van der Waals surface area contributed by atoms with Crippen LogP contribution in [0.1, 0.15) is 79.1 Å². The minimum Gasteiger partial charge on any atom is -0.462 e. The highest BCUT2D eigenvalue weighted by molar-refractivity contribution is 5.82. The third kappa shape index (κ3) is 4.49. The maximum atomic E-state index is 13.0. The molecule has 0 N–H and O–H groups in total. The van der Waals surface area contributed by atoms with E-state index in [-0.39, 0.29) is 37.0 Å². The molecule has 7 atom stereocenters. The fourth-order valence-electron chi connectivity index (χ4n) is 7.23. The van der Waals surface area contributed by atoms with Crippen LogP contribution >= 0.6 is 0 Å². The lowest BCUT2D eigenvalue weighted by Crippen LogP contribution is -2.66. The minimum atomic E-state index is -0.568. The van der Waals surface area contributed by atoms with Crippen molar-refractivity contribution in [2.24, 2.45) is 10.8 Å². The Morgan fingerprint density at radius 2 is 1.81 bits per heavy atom. The summed E-state index contributed by atoms with van der Waals surface area (Å²) in [5.41, 5.74) is 0.437. The molecule has 3 aliphatic heterocycles. The average molecular weight is 517 g/mol. The third-order valence-electron chi connectivity index (χ3n) is 9.69. The zero-order chi connectivity index (χ0) is 26.4. The maximum Gasteiger partial charge on any atom is 0.330 e. The Labute approximate surface area is 219 Å². The number of epoxide rings is 1. The van der Waals surface area contributed by atoms with Gasteiger partial charge in [0.05, 0.1) is 30.8 Å². The zero-order valence-electron chi connectivity index (χ0n) is 22.5. The van der Waals surface area contributed by atoms with Gasteiger partial charge in [0.2, 0.25) is 0 Å². The van der Waals surface area contributed by atoms with Crippen molar-refractivity contribution in [1.29, 1.82) is 0 Å². The number of carbonyl (C=O) groups is 3. The second kappa shape index (κ2) is 9.93. The van der Waals surface area contributed by atoms with Gasteiger partial charge in [-0.3, -0.25) is 9.59 Å². The van der Waals surface area contributed by atoms with Crippen LogP contribution in [0, 0.1) is 10.8 Å². The van der Waals surface area contributed by atoms with E-state index in [0.717, 1.165) is 18.4 Å². The van der Waals surface area contributed by atoms with E-state index in [9.17, 15) is 14.4 Å². The Bertz CT molecular complexity index is 1010. The molecule has 1 unspecified atom stereocenters. The van der Waals surface area contributed by atoms with E-state index in [1.807, 2.05) is 6.92 Å². The first-order chi connectivity index (χ1) is 17.6. The van der Waals surface area contributed by atoms with Crippen LogP contribution in [0.5, 0.6) is 0 Å². The Kier molecular flexibility index (Phi) is 7.13. The number of ketones is 1. The first-order valence-electron chi connectivity index (χ1n) is 13.7. The summed E-state index contributed by atoms with van der Waals surface area (Å²) in [6, 6.07) is 0. The van der Waals surface area contributed by atoms with E-state index in [1.165, 1.54) is 18.6 Å². The van der Waals surface area contributed by atoms with Crippen LogP contribution in [0.15, 0.2) is 23.3 Å². The Morgan fingerprint density at radius 1 is 1.03 bits per heavy atom. The van der Waals surface area contributed by atoms with Gasteiger partial charge >= 0.3 is 11.9 Å². The molecular weight excluding hydrogens is 476 g/mol. The largest absolute Gasteiger partial charge is 0.462 e. The molecule has 0 amide bonds. The summed E-state index contributed by atoms with van der Waals surface area (Å²) in [5, 5.41) is 0. The van der Waals surface area contributed by atoms with Gasteiger partial charge in [0.15, 0.2) is 5.78 Å². The quantitative estimate of drug-likeness (QED) is 0.293. The molecule has 37 heavy (non-hydrogen) atoms. The number of hydrogen-bond acceptors (Lipinski definition) is 8. The molecular formula is C29H40O8. The molecule has 0 radical (unpaired) electrons. The van der Waals surface area contributed by atoms with Crippen molar-refractivity contribution in [1.82, 2.24) is 0 Å². The van der Waals surface area contributed by atoms with Gasteiger partial charge in [-0.25, -0.2) is 4.79 Å². The molecule has 0 aromatic heterocycles. The summed E-state index contributed by atoms with van der Waals surface area (Å²) in [6.07, 6.45) is 7.23. The third-order valence-corrected chi connectivity index (χ3v) is 9.69. The van der Waals surface area contributed by atoms with Crippen molar-refractivity contribution in [3.05, 3.63) is 23.3 Å². The van der Waals surface area contributed by atoms with Crippen molar-refractivity contribution in [3.63, 3.8) is 0 Å². The number of ether oxygens (including phenoxy) is 5. The van der Waals surface area contributed by atoms with E-state index in [1.54, 1.807) is 0 Å². The summed E-state index contributed by atoms with van der Waals surface area (Å²) >= 11 is 0. The Morgan fingerprint density at radius 3 is 2.54 bits per heavy atom. The summed E-state index contributed by atoms with van der Waals surface area (Å²) in [5.74, 6) is -0.694. The minimum absolute atomic E-state index is 0.0319. The molecule has 8 nitrogen and oxygen atoms in total. The van der Waals surface area contributed by atoms with Crippen LogP contribution in [0.2, 0.25) is 0 Å². The van der Waals surface area contributed by atoms with Crippen LogP contribution in [0.4, 0.5) is 0 Å². The number of cyclic esters (lactones) is 1. The highest BCUT2D eigenvalue weighted by Crippen LogP contribution is 2.72.